The number of thiocarbonyl (C=S) groups is 1. The molecular weight excluding hydrogens is 430 g/mol. The predicted molar refractivity (Wildman–Crippen MR) is 102 cm³/mol. The van der Waals surface area contributed by atoms with Gasteiger partial charge in [0.15, 0.2) is 11.7 Å². The van der Waals surface area contributed by atoms with Gasteiger partial charge in [0.05, 0.1) is 0 Å². The number of hydrogen-bond donors (Lipinski definition) is 3. The highest BCUT2D eigenvalue weighted by Gasteiger charge is 2.09. The Morgan fingerprint density at radius 2 is 1.84 bits per heavy atom. The van der Waals surface area contributed by atoms with Crippen LogP contribution in [0.4, 0.5) is 0 Å². The summed E-state index contributed by atoms with van der Waals surface area (Å²) in [5, 5.41) is 2.77. The summed E-state index contributed by atoms with van der Waals surface area (Å²) in [6.45, 7) is -0.217. The number of carbonyl (C=O) groups excluding carboxylic acids is 2. The van der Waals surface area contributed by atoms with Crippen molar-refractivity contribution in [1.29, 1.82) is 0 Å². The van der Waals surface area contributed by atoms with E-state index in [0.29, 0.717) is 16.3 Å². The van der Waals surface area contributed by atoms with E-state index in [2.05, 4.69) is 32.1 Å². The number of rotatable bonds is 4. The molecule has 0 bridgehead atoms. The van der Waals surface area contributed by atoms with Crippen LogP contribution < -0.4 is 20.9 Å². The van der Waals surface area contributed by atoms with Gasteiger partial charge in [-0.25, -0.2) is 0 Å². The van der Waals surface area contributed by atoms with Crippen LogP contribution in [0.1, 0.15) is 10.4 Å². The van der Waals surface area contributed by atoms with Crippen molar-refractivity contribution < 1.29 is 14.3 Å². The van der Waals surface area contributed by atoms with Crippen molar-refractivity contribution in [3.63, 3.8) is 0 Å². The fourth-order valence-electron chi connectivity index (χ4n) is 1.69. The Bertz CT molecular complexity index is 786. The van der Waals surface area contributed by atoms with E-state index in [0.717, 1.165) is 4.47 Å². The molecule has 0 radical (unpaired) electrons. The van der Waals surface area contributed by atoms with E-state index < -0.39 is 11.8 Å². The van der Waals surface area contributed by atoms with Crippen LogP contribution in [-0.4, -0.2) is 23.5 Å². The molecule has 0 heterocycles. The van der Waals surface area contributed by atoms with Crippen LogP contribution in [-0.2, 0) is 4.79 Å². The van der Waals surface area contributed by atoms with Gasteiger partial charge >= 0.3 is 0 Å². The van der Waals surface area contributed by atoms with Gasteiger partial charge in [-0.2, -0.15) is 0 Å². The van der Waals surface area contributed by atoms with Crippen LogP contribution in [0.3, 0.4) is 0 Å². The van der Waals surface area contributed by atoms with E-state index in [9.17, 15) is 9.59 Å². The fourth-order valence-corrected chi connectivity index (χ4v) is 2.31. The van der Waals surface area contributed by atoms with E-state index in [1.165, 1.54) is 6.07 Å². The van der Waals surface area contributed by atoms with E-state index in [-0.39, 0.29) is 11.7 Å². The van der Waals surface area contributed by atoms with E-state index in [1.807, 2.05) is 0 Å². The van der Waals surface area contributed by atoms with Crippen LogP contribution in [0.5, 0.6) is 5.75 Å². The minimum atomic E-state index is -0.461. The van der Waals surface area contributed by atoms with Gasteiger partial charge in [0, 0.05) is 15.1 Å². The molecule has 0 aliphatic heterocycles. The predicted octanol–water partition coefficient (Wildman–Crippen LogP) is 2.82. The lowest BCUT2D eigenvalue weighted by molar-refractivity contribution is -0.121. The molecule has 130 valence electrons. The maximum atomic E-state index is 11.9. The Morgan fingerprint density at radius 3 is 2.52 bits per heavy atom. The van der Waals surface area contributed by atoms with Crippen molar-refractivity contribution in [3.05, 3.63) is 63.6 Å². The maximum absolute atomic E-state index is 11.9. The highest BCUT2D eigenvalue weighted by molar-refractivity contribution is 9.10. The summed E-state index contributed by atoms with van der Waals surface area (Å²) in [6, 6.07) is 13.4. The molecule has 6 nitrogen and oxygen atoms in total. The molecule has 0 aliphatic carbocycles. The number of halogens is 2. The standard InChI is InChI=1S/C16H13BrClN3O3S/c17-11-4-6-13(7-5-11)24-9-14(22)19-16(25)21-20-15(23)10-2-1-3-12(18)8-10/h1-8H,9H2,(H,20,23)(H2,19,21,22,25). The monoisotopic (exact) mass is 441 g/mol. The summed E-state index contributed by atoms with van der Waals surface area (Å²) >= 11 is 14.0. The lowest BCUT2D eigenvalue weighted by Crippen LogP contribution is -2.49. The molecule has 0 fully saturated rings. The maximum Gasteiger partial charge on any atom is 0.269 e. The van der Waals surface area contributed by atoms with Gasteiger partial charge in [-0.15, -0.1) is 0 Å². The molecule has 2 rings (SSSR count). The summed E-state index contributed by atoms with van der Waals surface area (Å²) in [5.74, 6) is -0.353. The molecule has 25 heavy (non-hydrogen) atoms. The summed E-state index contributed by atoms with van der Waals surface area (Å²) in [4.78, 5) is 23.6. The van der Waals surface area contributed by atoms with E-state index in [4.69, 9.17) is 28.6 Å². The van der Waals surface area contributed by atoms with Crippen LogP contribution in [0.2, 0.25) is 5.02 Å². The van der Waals surface area contributed by atoms with Crippen LogP contribution >= 0.6 is 39.7 Å². The Balaban J connectivity index is 1.73. The average Bonchev–Trinajstić information content (AvgIpc) is 2.59. The lowest BCUT2D eigenvalue weighted by Gasteiger charge is -2.11. The first kappa shape index (κ1) is 19.2. The quantitative estimate of drug-likeness (QED) is 0.501. The third-order valence-corrected chi connectivity index (χ3v) is 3.78. The molecule has 3 N–H and O–H groups in total. The number of ether oxygens (including phenoxy) is 1. The summed E-state index contributed by atoms with van der Waals surface area (Å²) in [5.41, 5.74) is 5.15. The molecule has 2 amide bonds. The molecule has 2 aromatic carbocycles. The number of amides is 2. The minimum absolute atomic E-state index is 0.0558. The molecule has 2 aromatic rings. The molecule has 0 aliphatic rings. The number of benzene rings is 2. The zero-order valence-corrected chi connectivity index (χ0v) is 15.9. The van der Waals surface area contributed by atoms with Gasteiger partial charge in [-0.1, -0.05) is 33.6 Å². The second-order valence-corrected chi connectivity index (χ2v) is 6.47. The van der Waals surface area contributed by atoms with Gasteiger partial charge in [0.2, 0.25) is 0 Å². The van der Waals surface area contributed by atoms with Crippen molar-refractivity contribution >= 4 is 56.7 Å². The lowest BCUT2D eigenvalue weighted by atomic mass is 10.2. The molecule has 0 atom stereocenters. The second-order valence-electron chi connectivity index (χ2n) is 4.71. The Hall–Kier alpha value is -2.16. The number of nitrogens with one attached hydrogen (secondary N) is 3. The van der Waals surface area contributed by atoms with Gasteiger partial charge < -0.3 is 4.74 Å². The van der Waals surface area contributed by atoms with E-state index >= 15 is 0 Å². The number of hydrogen-bond acceptors (Lipinski definition) is 4. The molecule has 0 aromatic heterocycles. The van der Waals surface area contributed by atoms with Crippen molar-refractivity contribution in [1.82, 2.24) is 16.2 Å². The second kappa shape index (κ2) is 9.36. The first-order chi connectivity index (χ1) is 11.9. The highest BCUT2D eigenvalue weighted by atomic mass is 79.9. The van der Waals surface area contributed by atoms with Gasteiger partial charge in [0.25, 0.3) is 11.8 Å². The van der Waals surface area contributed by atoms with Crippen molar-refractivity contribution in [2.75, 3.05) is 6.61 Å². The fraction of sp³-hybridized carbons (Fsp3) is 0.0625. The average molecular weight is 443 g/mol. The largest absolute Gasteiger partial charge is 0.484 e. The zero-order valence-electron chi connectivity index (χ0n) is 12.7. The van der Waals surface area contributed by atoms with E-state index in [1.54, 1.807) is 42.5 Å². The SMILES string of the molecule is O=C(COc1ccc(Br)cc1)NC(=S)NNC(=O)c1cccc(Cl)c1. The Labute approximate surface area is 163 Å². The molecule has 0 unspecified atom stereocenters. The summed E-state index contributed by atoms with van der Waals surface area (Å²) in [6.07, 6.45) is 0. The molecule has 0 saturated heterocycles. The van der Waals surface area contributed by atoms with Crippen molar-refractivity contribution in [2.24, 2.45) is 0 Å². The smallest absolute Gasteiger partial charge is 0.269 e. The summed E-state index contributed by atoms with van der Waals surface area (Å²) in [7, 11) is 0. The number of carbonyl (C=O) groups is 2. The minimum Gasteiger partial charge on any atom is -0.484 e. The topological polar surface area (TPSA) is 79.5 Å². The highest BCUT2D eigenvalue weighted by Crippen LogP contribution is 2.15. The summed E-state index contributed by atoms with van der Waals surface area (Å²) < 4.78 is 6.22. The third kappa shape index (κ3) is 6.69. The van der Waals surface area contributed by atoms with Crippen molar-refractivity contribution in [3.8, 4) is 5.75 Å². The normalized spacial score (nSPS) is 9.84. The van der Waals surface area contributed by atoms with Crippen LogP contribution in [0.15, 0.2) is 53.0 Å². The number of hydrazine groups is 1. The Kier molecular flexibility index (Phi) is 7.17. The zero-order chi connectivity index (χ0) is 18.2. The van der Waals surface area contributed by atoms with Crippen LogP contribution in [0.25, 0.3) is 0 Å². The van der Waals surface area contributed by atoms with Crippen molar-refractivity contribution in [2.45, 2.75) is 0 Å². The molecule has 0 saturated carbocycles. The van der Waals surface area contributed by atoms with Crippen LogP contribution in [0, 0.1) is 0 Å². The third-order valence-electron chi connectivity index (χ3n) is 2.81. The molecule has 9 heteroatoms. The van der Waals surface area contributed by atoms with Gasteiger partial charge in [-0.3, -0.25) is 25.8 Å². The molecule has 0 spiro atoms. The first-order valence-electron chi connectivity index (χ1n) is 6.98. The Morgan fingerprint density at radius 1 is 1.12 bits per heavy atom. The first-order valence-corrected chi connectivity index (χ1v) is 8.56. The van der Waals surface area contributed by atoms with Gasteiger partial charge in [0.1, 0.15) is 5.75 Å². The molecular formula is C16H13BrClN3O3S. The van der Waals surface area contributed by atoms with Gasteiger partial charge in [-0.05, 0) is 54.7 Å².